The number of fused-ring (bicyclic) bond motifs is 1. The standard InChI is InChI=1S/C22H28N6S/c1-3-10-23-22(29)26-21-24-19(27-11-6-7-16(2)13-27)12-20(25-21)28-14-17-8-4-5-9-18(17)15-28/h3-5,8-9,12,16H,1,6-7,10-11,13-15H2,2H3,(H2,23,24,25,26,29)/t16-/m1/s1. The Balaban J connectivity index is 1.61. The molecule has 0 saturated carbocycles. The fourth-order valence-corrected chi connectivity index (χ4v) is 4.18. The molecule has 0 spiro atoms. The molecule has 2 aliphatic rings. The molecule has 3 heterocycles. The molecule has 0 unspecified atom stereocenters. The predicted molar refractivity (Wildman–Crippen MR) is 123 cm³/mol. The van der Waals surface area contributed by atoms with Gasteiger partial charge in [-0.2, -0.15) is 9.97 Å². The van der Waals surface area contributed by atoms with Gasteiger partial charge in [0, 0.05) is 38.8 Å². The molecule has 1 fully saturated rings. The minimum absolute atomic E-state index is 0.504. The van der Waals surface area contributed by atoms with Crippen LogP contribution in [-0.2, 0) is 13.1 Å². The Hall–Kier alpha value is -2.67. The van der Waals surface area contributed by atoms with E-state index in [0.29, 0.717) is 23.5 Å². The fraction of sp³-hybridized carbons (Fsp3) is 0.409. The van der Waals surface area contributed by atoms with Crippen molar-refractivity contribution in [3.63, 3.8) is 0 Å². The molecule has 0 aliphatic carbocycles. The second-order valence-corrected chi connectivity index (χ2v) is 8.26. The molecule has 1 aromatic carbocycles. The molecule has 152 valence electrons. The quantitative estimate of drug-likeness (QED) is 0.578. The fourth-order valence-electron chi connectivity index (χ4n) is 4.01. The summed E-state index contributed by atoms with van der Waals surface area (Å²) >= 11 is 5.38. The molecule has 0 radical (unpaired) electrons. The van der Waals surface area contributed by atoms with Crippen molar-refractivity contribution >= 4 is 34.9 Å². The Labute approximate surface area is 178 Å². The maximum absolute atomic E-state index is 5.38. The van der Waals surface area contributed by atoms with Crippen molar-refractivity contribution in [2.45, 2.75) is 32.9 Å². The van der Waals surface area contributed by atoms with Crippen LogP contribution in [0.5, 0.6) is 0 Å². The SMILES string of the molecule is C=CCNC(=S)Nc1nc(N2Cc3ccccc3C2)cc(N2CCC[C@@H](C)C2)n1. The lowest BCUT2D eigenvalue weighted by atomic mass is 10.0. The van der Waals surface area contributed by atoms with Crippen molar-refractivity contribution in [1.29, 1.82) is 0 Å². The summed E-state index contributed by atoms with van der Waals surface area (Å²) in [6.45, 7) is 10.4. The Bertz CT molecular complexity index is 874. The van der Waals surface area contributed by atoms with Crippen LogP contribution < -0.4 is 20.4 Å². The number of hydrogen-bond donors (Lipinski definition) is 2. The first-order valence-electron chi connectivity index (χ1n) is 10.2. The summed E-state index contributed by atoms with van der Waals surface area (Å²) < 4.78 is 0. The highest BCUT2D eigenvalue weighted by molar-refractivity contribution is 7.80. The highest BCUT2D eigenvalue weighted by Crippen LogP contribution is 2.31. The number of thiocarbonyl (C=S) groups is 1. The minimum Gasteiger partial charge on any atom is -0.359 e. The van der Waals surface area contributed by atoms with Gasteiger partial charge in [-0.3, -0.25) is 0 Å². The molecule has 0 bridgehead atoms. The Morgan fingerprint density at radius 3 is 2.55 bits per heavy atom. The van der Waals surface area contributed by atoms with Crippen LogP contribution in [0.2, 0.25) is 0 Å². The van der Waals surface area contributed by atoms with Crippen molar-refractivity contribution < 1.29 is 0 Å². The largest absolute Gasteiger partial charge is 0.359 e. The predicted octanol–water partition coefficient (Wildman–Crippen LogP) is 3.71. The summed E-state index contributed by atoms with van der Waals surface area (Å²) in [5.41, 5.74) is 2.72. The number of nitrogens with zero attached hydrogens (tertiary/aromatic N) is 4. The van der Waals surface area contributed by atoms with E-state index in [9.17, 15) is 0 Å². The van der Waals surface area contributed by atoms with Gasteiger partial charge in [0.25, 0.3) is 0 Å². The number of rotatable bonds is 5. The van der Waals surface area contributed by atoms with Gasteiger partial charge < -0.3 is 20.4 Å². The van der Waals surface area contributed by atoms with Crippen molar-refractivity contribution in [1.82, 2.24) is 15.3 Å². The molecule has 6 nitrogen and oxygen atoms in total. The second-order valence-electron chi connectivity index (χ2n) is 7.85. The van der Waals surface area contributed by atoms with Crippen LogP contribution in [-0.4, -0.2) is 34.7 Å². The number of aromatic nitrogens is 2. The first kappa shape index (κ1) is 19.6. The first-order chi connectivity index (χ1) is 14.1. The lowest BCUT2D eigenvalue weighted by Crippen LogP contribution is -2.35. The molecule has 2 aliphatic heterocycles. The van der Waals surface area contributed by atoms with E-state index in [1.54, 1.807) is 6.08 Å². The molecule has 7 heteroatoms. The highest BCUT2D eigenvalue weighted by atomic mass is 32.1. The topological polar surface area (TPSA) is 56.3 Å². The van der Waals surface area contributed by atoms with Gasteiger partial charge in [0.15, 0.2) is 5.11 Å². The Morgan fingerprint density at radius 2 is 1.90 bits per heavy atom. The second kappa shape index (κ2) is 8.78. The maximum Gasteiger partial charge on any atom is 0.232 e. The zero-order chi connectivity index (χ0) is 20.2. The minimum atomic E-state index is 0.504. The van der Waals surface area contributed by atoms with E-state index in [2.05, 4.69) is 64.3 Å². The highest BCUT2D eigenvalue weighted by Gasteiger charge is 2.24. The molecule has 2 aromatic rings. The van der Waals surface area contributed by atoms with E-state index < -0.39 is 0 Å². The van der Waals surface area contributed by atoms with Crippen LogP contribution in [0.3, 0.4) is 0 Å². The van der Waals surface area contributed by atoms with Gasteiger partial charge in [-0.05, 0) is 42.1 Å². The molecule has 4 rings (SSSR count). The summed E-state index contributed by atoms with van der Waals surface area (Å²) in [5.74, 6) is 3.10. The van der Waals surface area contributed by atoms with Crippen LogP contribution in [0.4, 0.5) is 17.6 Å². The van der Waals surface area contributed by atoms with Crippen molar-refractivity contribution in [2.75, 3.05) is 34.8 Å². The average molecular weight is 409 g/mol. The first-order valence-corrected chi connectivity index (χ1v) is 10.6. The summed E-state index contributed by atoms with van der Waals surface area (Å²) in [7, 11) is 0. The van der Waals surface area contributed by atoms with Gasteiger partial charge in [-0.1, -0.05) is 37.3 Å². The van der Waals surface area contributed by atoms with Crippen LogP contribution in [0.15, 0.2) is 43.0 Å². The maximum atomic E-state index is 5.38. The molecule has 1 atom stereocenters. The van der Waals surface area contributed by atoms with Gasteiger partial charge in [0.05, 0.1) is 0 Å². The third-order valence-electron chi connectivity index (χ3n) is 5.48. The monoisotopic (exact) mass is 408 g/mol. The zero-order valence-electron chi connectivity index (χ0n) is 16.9. The van der Waals surface area contributed by atoms with Crippen LogP contribution in [0, 0.1) is 5.92 Å². The molecule has 0 amide bonds. The van der Waals surface area contributed by atoms with E-state index in [1.807, 2.05) is 0 Å². The third kappa shape index (κ3) is 4.67. The molecular weight excluding hydrogens is 380 g/mol. The van der Waals surface area contributed by atoms with Gasteiger partial charge in [0.2, 0.25) is 5.95 Å². The third-order valence-corrected chi connectivity index (χ3v) is 5.72. The molecule has 29 heavy (non-hydrogen) atoms. The molecule has 1 aromatic heterocycles. The molecule has 1 saturated heterocycles. The van der Waals surface area contributed by atoms with Crippen molar-refractivity contribution in [2.24, 2.45) is 5.92 Å². The van der Waals surface area contributed by atoms with Gasteiger partial charge >= 0.3 is 0 Å². The van der Waals surface area contributed by atoms with Crippen LogP contribution in [0.1, 0.15) is 30.9 Å². The number of hydrogen-bond acceptors (Lipinski definition) is 5. The van der Waals surface area contributed by atoms with E-state index in [4.69, 9.17) is 22.2 Å². The molecule has 2 N–H and O–H groups in total. The lowest BCUT2D eigenvalue weighted by molar-refractivity contribution is 0.444. The summed E-state index contributed by atoms with van der Waals surface area (Å²) in [6.07, 6.45) is 4.24. The van der Waals surface area contributed by atoms with E-state index >= 15 is 0 Å². The van der Waals surface area contributed by atoms with Crippen LogP contribution in [0.25, 0.3) is 0 Å². The zero-order valence-corrected chi connectivity index (χ0v) is 17.7. The van der Waals surface area contributed by atoms with E-state index in [0.717, 1.165) is 37.8 Å². The smallest absolute Gasteiger partial charge is 0.232 e. The van der Waals surface area contributed by atoms with Crippen molar-refractivity contribution in [3.05, 3.63) is 54.1 Å². The normalized spacial score (nSPS) is 18.3. The van der Waals surface area contributed by atoms with Crippen molar-refractivity contribution in [3.8, 4) is 0 Å². The lowest BCUT2D eigenvalue weighted by Gasteiger charge is -2.32. The number of benzene rings is 1. The summed E-state index contributed by atoms with van der Waals surface area (Å²) in [4.78, 5) is 14.2. The number of anilines is 3. The molecular formula is C22H28N6S. The summed E-state index contributed by atoms with van der Waals surface area (Å²) in [5, 5.41) is 6.74. The van der Waals surface area contributed by atoms with Gasteiger partial charge in [-0.25, -0.2) is 0 Å². The summed E-state index contributed by atoms with van der Waals surface area (Å²) in [6, 6.07) is 10.7. The number of nitrogens with one attached hydrogen (secondary N) is 2. The van der Waals surface area contributed by atoms with Gasteiger partial charge in [0.1, 0.15) is 11.6 Å². The Kier molecular flexibility index (Phi) is 5.94. The number of piperidine rings is 1. The van der Waals surface area contributed by atoms with Crippen LogP contribution >= 0.6 is 12.2 Å². The Morgan fingerprint density at radius 1 is 1.21 bits per heavy atom. The van der Waals surface area contributed by atoms with E-state index in [1.165, 1.54) is 24.0 Å². The average Bonchev–Trinajstić information content (AvgIpc) is 3.16. The van der Waals surface area contributed by atoms with Gasteiger partial charge in [-0.15, -0.1) is 6.58 Å². The van der Waals surface area contributed by atoms with E-state index in [-0.39, 0.29) is 0 Å².